The van der Waals surface area contributed by atoms with Crippen LogP contribution in [0.25, 0.3) is 0 Å². The zero-order valence-electron chi connectivity index (χ0n) is 12.1. The minimum Gasteiger partial charge on any atom is -0.341 e. The van der Waals surface area contributed by atoms with E-state index in [1.54, 1.807) is 0 Å². The lowest BCUT2D eigenvalue weighted by Crippen LogP contribution is -2.46. The molecule has 4 heteroatoms. The van der Waals surface area contributed by atoms with E-state index < -0.39 is 0 Å². The molecule has 1 aliphatic rings. The predicted octanol–water partition coefficient (Wildman–Crippen LogP) is 2.50. The number of nitrogens with zero attached hydrogens (tertiary/aromatic N) is 1. The highest BCUT2D eigenvalue weighted by atomic mass is 32.2. The Balaban J connectivity index is 2.61. The van der Waals surface area contributed by atoms with Gasteiger partial charge in [-0.25, -0.2) is 0 Å². The number of thioether (sulfide) groups is 1. The molecule has 0 spiro atoms. The maximum Gasteiger partial charge on any atom is 0.235 e. The molecule has 1 aliphatic heterocycles. The van der Waals surface area contributed by atoms with E-state index in [0.29, 0.717) is 12.5 Å². The molecule has 0 aromatic carbocycles. The van der Waals surface area contributed by atoms with Gasteiger partial charge in [-0.15, -0.1) is 11.8 Å². The summed E-state index contributed by atoms with van der Waals surface area (Å²) in [6.07, 6.45) is 4.52. The summed E-state index contributed by atoms with van der Waals surface area (Å²) in [5.41, 5.74) is 5.80. The van der Waals surface area contributed by atoms with Crippen LogP contribution in [0.1, 0.15) is 46.5 Å². The van der Waals surface area contributed by atoms with Gasteiger partial charge in [-0.3, -0.25) is 4.79 Å². The second-order valence-corrected chi connectivity index (χ2v) is 7.29. The molecule has 1 unspecified atom stereocenters. The van der Waals surface area contributed by atoms with Gasteiger partial charge in [0.2, 0.25) is 5.91 Å². The number of carbonyl (C=O) groups excluding carboxylic acids is 1. The van der Waals surface area contributed by atoms with Gasteiger partial charge in [0.1, 0.15) is 0 Å². The van der Waals surface area contributed by atoms with Gasteiger partial charge >= 0.3 is 0 Å². The molecule has 1 saturated heterocycles. The zero-order chi connectivity index (χ0) is 13.6. The topological polar surface area (TPSA) is 46.3 Å². The van der Waals surface area contributed by atoms with Crippen LogP contribution in [0.5, 0.6) is 0 Å². The van der Waals surface area contributed by atoms with Crippen molar-refractivity contribution in [1.29, 1.82) is 0 Å². The van der Waals surface area contributed by atoms with Crippen LogP contribution in [-0.2, 0) is 4.79 Å². The second-order valence-electron chi connectivity index (χ2n) is 5.98. The molecule has 1 atom stereocenters. The minimum atomic E-state index is 0.0180. The Labute approximate surface area is 116 Å². The lowest BCUT2D eigenvalue weighted by Gasteiger charge is -2.34. The summed E-state index contributed by atoms with van der Waals surface area (Å²) in [5, 5.41) is 0.193. The molecule has 1 rings (SSSR count). The van der Waals surface area contributed by atoms with Crippen molar-refractivity contribution in [3.05, 3.63) is 0 Å². The van der Waals surface area contributed by atoms with E-state index in [4.69, 9.17) is 5.73 Å². The first-order valence-electron chi connectivity index (χ1n) is 7.10. The standard InChI is InChI=1S/C14H28N2OS/c1-4-8-16(11-14(2,3)10-15)13(17)12-7-5-6-9-18-12/h12H,4-11,15H2,1-3H3. The average molecular weight is 272 g/mol. The van der Waals surface area contributed by atoms with Crippen LogP contribution in [0.4, 0.5) is 0 Å². The van der Waals surface area contributed by atoms with Gasteiger partial charge in [-0.1, -0.05) is 27.2 Å². The largest absolute Gasteiger partial charge is 0.341 e. The Morgan fingerprint density at radius 1 is 1.44 bits per heavy atom. The Bertz CT molecular complexity index is 263. The van der Waals surface area contributed by atoms with Crippen LogP contribution in [0, 0.1) is 5.41 Å². The highest BCUT2D eigenvalue weighted by Gasteiger charge is 2.29. The fourth-order valence-electron chi connectivity index (χ4n) is 2.26. The highest BCUT2D eigenvalue weighted by molar-refractivity contribution is 8.00. The lowest BCUT2D eigenvalue weighted by molar-refractivity contribution is -0.132. The molecule has 1 fully saturated rings. The summed E-state index contributed by atoms with van der Waals surface area (Å²) in [7, 11) is 0. The van der Waals surface area contributed by atoms with E-state index in [-0.39, 0.29) is 10.7 Å². The van der Waals surface area contributed by atoms with E-state index >= 15 is 0 Å². The van der Waals surface area contributed by atoms with E-state index in [1.807, 2.05) is 16.7 Å². The van der Waals surface area contributed by atoms with Crippen LogP contribution in [0.15, 0.2) is 0 Å². The number of nitrogens with two attached hydrogens (primary N) is 1. The molecule has 3 nitrogen and oxygen atoms in total. The van der Waals surface area contributed by atoms with Crippen LogP contribution < -0.4 is 5.73 Å². The van der Waals surface area contributed by atoms with Gasteiger partial charge < -0.3 is 10.6 Å². The number of rotatable bonds is 6. The summed E-state index contributed by atoms with van der Waals surface area (Å²) < 4.78 is 0. The fraction of sp³-hybridized carbons (Fsp3) is 0.929. The van der Waals surface area contributed by atoms with Crippen molar-refractivity contribution in [3.8, 4) is 0 Å². The van der Waals surface area contributed by atoms with Gasteiger partial charge in [0.25, 0.3) is 0 Å². The molecule has 106 valence electrons. The smallest absolute Gasteiger partial charge is 0.235 e. The molecular formula is C14H28N2OS. The van der Waals surface area contributed by atoms with Gasteiger partial charge in [0.05, 0.1) is 5.25 Å². The third kappa shape index (κ3) is 4.81. The molecule has 18 heavy (non-hydrogen) atoms. The van der Waals surface area contributed by atoms with Crippen LogP contribution in [0.3, 0.4) is 0 Å². The van der Waals surface area contributed by atoms with Crippen molar-refractivity contribution >= 4 is 17.7 Å². The Hall–Kier alpha value is -0.220. The second kappa shape index (κ2) is 7.39. The van der Waals surface area contributed by atoms with Crippen LogP contribution in [-0.4, -0.2) is 41.4 Å². The Morgan fingerprint density at radius 3 is 2.67 bits per heavy atom. The third-order valence-corrected chi connectivity index (χ3v) is 4.80. The number of hydrogen-bond donors (Lipinski definition) is 1. The number of carbonyl (C=O) groups is 1. The molecule has 0 bridgehead atoms. The summed E-state index contributed by atoms with van der Waals surface area (Å²) >= 11 is 1.84. The molecular weight excluding hydrogens is 244 g/mol. The SMILES string of the molecule is CCCN(CC(C)(C)CN)C(=O)C1CCCCS1. The van der Waals surface area contributed by atoms with E-state index in [2.05, 4.69) is 20.8 Å². The molecule has 0 aromatic heterocycles. The monoisotopic (exact) mass is 272 g/mol. The van der Waals surface area contributed by atoms with E-state index in [1.165, 1.54) is 12.8 Å². The summed E-state index contributed by atoms with van der Waals surface area (Å²) in [4.78, 5) is 14.6. The van der Waals surface area contributed by atoms with Crippen LogP contribution in [0.2, 0.25) is 0 Å². The molecule has 0 aromatic rings. The van der Waals surface area contributed by atoms with Gasteiger partial charge in [-0.2, -0.15) is 0 Å². The predicted molar refractivity (Wildman–Crippen MR) is 79.8 cm³/mol. The highest BCUT2D eigenvalue weighted by Crippen LogP contribution is 2.27. The summed E-state index contributed by atoms with van der Waals surface area (Å²) in [6, 6.07) is 0. The van der Waals surface area contributed by atoms with Crippen molar-refractivity contribution in [3.63, 3.8) is 0 Å². The van der Waals surface area contributed by atoms with Crippen molar-refractivity contribution < 1.29 is 4.79 Å². The first-order valence-corrected chi connectivity index (χ1v) is 8.15. The van der Waals surface area contributed by atoms with Gasteiger partial charge in [0.15, 0.2) is 0 Å². The molecule has 1 heterocycles. The molecule has 0 saturated carbocycles. The van der Waals surface area contributed by atoms with E-state index in [9.17, 15) is 4.79 Å². The van der Waals surface area contributed by atoms with Crippen molar-refractivity contribution in [2.24, 2.45) is 11.1 Å². The third-order valence-electron chi connectivity index (χ3n) is 3.43. The Kier molecular flexibility index (Phi) is 6.50. The molecule has 0 aliphatic carbocycles. The molecule has 0 radical (unpaired) electrons. The summed E-state index contributed by atoms with van der Waals surface area (Å²) in [6.45, 7) is 8.67. The number of amides is 1. The zero-order valence-corrected chi connectivity index (χ0v) is 12.9. The maximum absolute atomic E-state index is 12.5. The average Bonchev–Trinajstić information content (AvgIpc) is 2.38. The van der Waals surface area contributed by atoms with Crippen molar-refractivity contribution in [2.45, 2.75) is 51.7 Å². The quantitative estimate of drug-likeness (QED) is 0.808. The minimum absolute atomic E-state index is 0.0180. The molecule has 2 N–H and O–H groups in total. The van der Waals surface area contributed by atoms with Gasteiger partial charge in [0, 0.05) is 13.1 Å². The maximum atomic E-state index is 12.5. The lowest BCUT2D eigenvalue weighted by atomic mass is 9.92. The first-order chi connectivity index (χ1) is 8.50. The van der Waals surface area contributed by atoms with Crippen LogP contribution >= 0.6 is 11.8 Å². The molecule has 1 amide bonds. The van der Waals surface area contributed by atoms with Crippen molar-refractivity contribution in [2.75, 3.05) is 25.4 Å². The normalized spacial score (nSPS) is 20.8. The summed E-state index contributed by atoms with van der Waals surface area (Å²) in [5.74, 6) is 1.47. The Morgan fingerprint density at radius 2 is 2.17 bits per heavy atom. The number of hydrogen-bond acceptors (Lipinski definition) is 3. The fourth-order valence-corrected chi connectivity index (χ4v) is 3.54. The van der Waals surface area contributed by atoms with Gasteiger partial charge in [-0.05, 0) is 37.0 Å². The first kappa shape index (κ1) is 15.8. The van der Waals surface area contributed by atoms with E-state index in [0.717, 1.165) is 31.7 Å². The van der Waals surface area contributed by atoms with Crippen molar-refractivity contribution in [1.82, 2.24) is 4.90 Å².